The van der Waals surface area contributed by atoms with Gasteiger partial charge >= 0.3 is 0 Å². The number of hydrogen-bond donors (Lipinski definition) is 8. The SMILES string of the molecule is CNC1CC(C)(C)NC(C)(C)C1.CO[Si](C)(C)CCCOC1CC(C)(C)NC(C)(C)C1.Cc1nc(C)nc(N(CCN2CC(C)(C)N(C)C(C)(C)C2=O)C2CCCCC2)n1.Cc1nc(C)nc(N(CCN2CC(C)(C)NC(C)(C)C2=O)C2CCCCC2)n1.NCCCNCCNCCCN.[HH].[HH]. The third-order valence-corrected chi connectivity index (χ3v) is 23.5. The van der Waals surface area contributed by atoms with Gasteiger partial charge in [0, 0.05) is 120 Å². The van der Waals surface area contributed by atoms with Crippen LogP contribution in [0, 0.1) is 27.7 Å². The van der Waals surface area contributed by atoms with Crippen LogP contribution in [0.25, 0.3) is 0 Å². The highest BCUT2D eigenvalue weighted by molar-refractivity contribution is 6.71. The number of piperazine rings is 2. The maximum absolute atomic E-state index is 13.2. The molecule has 6 fully saturated rings. The molecule has 24 heteroatoms. The number of nitrogens with two attached hydrogens (primary N) is 2. The van der Waals surface area contributed by atoms with Gasteiger partial charge in [0.05, 0.1) is 17.2 Å². The maximum Gasteiger partial charge on any atom is 0.242 e. The first-order valence-corrected chi connectivity index (χ1v) is 41.8. The topological polar surface area (TPSA) is 270 Å². The molecule has 0 atom stereocenters. The molecule has 6 heterocycles. The van der Waals surface area contributed by atoms with E-state index < -0.39 is 19.4 Å². The monoisotopic (exact) mass is 1430 g/mol. The largest absolute Gasteiger partial charge is 0.420 e. The molecule has 582 valence electrons. The van der Waals surface area contributed by atoms with Gasteiger partial charge in [-0.05, 0) is 269 Å². The van der Waals surface area contributed by atoms with Crippen LogP contribution in [0.15, 0.2) is 0 Å². The van der Waals surface area contributed by atoms with E-state index in [1.165, 1.54) is 57.4 Å². The zero-order valence-corrected chi connectivity index (χ0v) is 69.4. The lowest BCUT2D eigenvalue weighted by atomic mass is 9.80. The Morgan fingerprint density at radius 1 is 0.550 bits per heavy atom. The summed E-state index contributed by atoms with van der Waals surface area (Å²) in [6.45, 7) is 58.0. The number of anilines is 2. The average Bonchev–Trinajstić information content (AvgIpc) is 0.758. The van der Waals surface area contributed by atoms with Gasteiger partial charge in [-0.1, -0.05) is 38.5 Å². The van der Waals surface area contributed by atoms with E-state index in [4.69, 9.17) is 20.6 Å². The van der Waals surface area contributed by atoms with Gasteiger partial charge in [-0.2, -0.15) is 19.9 Å². The first kappa shape index (κ1) is 88.7. The van der Waals surface area contributed by atoms with Gasteiger partial charge in [0.1, 0.15) is 23.3 Å². The molecular formula is C76H155N19O4Si. The molecule has 0 unspecified atom stereocenters. The predicted octanol–water partition coefficient (Wildman–Crippen LogP) is 10.00. The number of likely N-dealkylation sites (N-methyl/N-ethyl adjacent to an activating group) is 1. The summed E-state index contributed by atoms with van der Waals surface area (Å²) in [5, 5.41) is 20.8. The number of piperidine rings is 2. The zero-order valence-electron chi connectivity index (χ0n) is 68.4. The van der Waals surface area contributed by atoms with Crippen molar-refractivity contribution in [2.45, 2.75) is 335 Å². The molecule has 2 saturated carbocycles. The van der Waals surface area contributed by atoms with Crippen LogP contribution in [0.5, 0.6) is 0 Å². The summed E-state index contributed by atoms with van der Waals surface area (Å²) < 4.78 is 11.7. The van der Waals surface area contributed by atoms with Crippen LogP contribution in [-0.2, 0) is 18.8 Å². The number of nitrogens with zero attached hydrogens (tertiary/aromatic N) is 11. The summed E-state index contributed by atoms with van der Waals surface area (Å²) in [5.41, 5.74) is 10.4. The second-order valence-electron chi connectivity index (χ2n) is 35.4. The van der Waals surface area contributed by atoms with Crippen LogP contribution in [0.2, 0.25) is 19.1 Å². The molecule has 0 radical (unpaired) electrons. The summed E-state index contributed by atoms with van der Waals surface area (Å²) in [6.07, 6.45) is 20.5. The molecule has 4 aliphatic heterocycles. The van der Waals surface area contributed by atoms with Crippen LogP contribution in [0.1, 0.15) is 246 Å². The second-order valence-corrected chi connectivity index (χ2v) is 39.8. The van der Waals surface area contributed by atoms with E-state index in [1.807, 2.05) is 72.3 Å². The fourth-order valence-corrected chi connectivity index (χ4v) is 17.6. The van der Waals surface area contributed by atoms with E-state index >= 15 is 0 Å². The molecule has 0 spiro atoms. The highest BCUT2D eigenvalue weighted by atomic mass is 28.4. The van der Waals surface area contributed by atoms with E-state index in [-0.39, 0.29) is 47.9 Å². The quantitative estimate of drug-likeness (QED) is 0.0321. The Morgan fingerprint density at radius 3 is 1.34 bits per heavy atom. The summed E-state index contributed by atoms with van der Waals surface area (Å²) >= 11 is 0. The molecule has 4 saturated heterocycles. The van der Waals surface area contributed by atoms with Gasteiger partial charge < -0.3 is 66.8 Å². The van der Waals surface area contributed by atoms with Crippen LogP contribution < -0.4 is 53.2 Å². The number of ether oxygens (including phenoxy) is 1. The molecule has 2 amide bonds. The van der Waals surface area contributed by atoms with Crippen molar-refractivity contribution in [3.05, 3.63) is 23.3 Å². The van der Waals surface area contributed by atoms with Gasteiger partial charge in [0.15, 0.2) is 8.32 Å². The molecule has 23 nitrogen and oxygen atoms in total. The molecule has 2 aliphatic carbocycles. The number of rotatable bonds is 26. The molecule has 0 aromatic carbocycles. The summed E-state index contributed by atoms with van der Waals surface area (Å²) in [7, 11) is 4.54. The third kappa shape index (κ3) is 30.4. The number of nitrogens with one attached hydrogen (secondary N) is 6. The van der Waals surface area contributed by atoms with Crippen molar-refractivity contribution in [3.63, 3.8) is 0 Å². The van der Waals surface area contributed by atoms with E-state index in [2.05, 4.69) is 187 Å². The van der Waals surface area contributed by atoms with Crippen molar-refractivity contribution in [1.82, 2.24) is 76.5 Å². The first-order valence-electron chi connectivity index (χ1n) is 38.7. The third-order valence-electron chi connectivity index (χ3n) is 20.8. The minimum atomic E-state index is -1.41. The predicted molar refractivity (Wildman–Crippen MR) is 422 cm³/mol. The molecule has 2 aromatic heterocycles. The number of carbonyl (C=O) groups excluding carboxylic acids is 2. The van der Waals surface area contributed by atoms with Gasteiger partial charge in [-0.3, -0.25) is 19.8 Å². The van der Waals surface area contributed by atoms with Crippen LogP contribution in [-0.4, -0.2) is 240 Å². The van der Waals surface area contributed by atoms with E-state index in [9.17, 15) is 9.59 Å². The van der Waals surface area contributed by atoms with E-state index in [0.717, 1.165) is 158 Å². The van der Waals surface area contributed by atoms with Gasteiger partial charge in [-0.15, -0.1) is 0 Å². The highest BCUT2D eigenvalue weighted by Gasteiger charge is 2.49. The van der Waals surface area contributed by atoms with Crippen molar-refractivity contribution in [2.75, 3.05) is 116 Å². The molecule has 0 bridgehead atoms. The Hall–Kier alpha value is -3.66. The Kier molecular flexibility index (Phi) is 35.2. The lowest BCUT2D eigenvalue weighted by molar-refractivity contribution is -0.157. The first-order chi connectivity index (χ1) is 46.4. The van der Waals surface area contributed by atoms with Crippen molar-refractivity contribution < 1.29 is 21.6 Å². The van der Waals surface area contributed by atoms with Crippen LogP contribution >= 0.6 is 0 Å². The maximum atomic E-state index is 13.2. The second kappa shape index (κ2) is 39.6. The minimum absolute atomic E-state index is 0. The van der Waals surface area contributed by atoms with Crippen molar-refractivity contribution in [1.29, 1.82) is 0 Å². The van der Waals surface area contributed by atoms with Gasteiger partial charge in [0.25, 0.3) is 0 Å². The van der Waals surface area contributed by atoms with Gasteiger partial charge in [0.2, 0.25) is 23.7 Å². The van der Waals surface area contributed by atoms with Crippen molar-refractivity contribution in [3.8, 4) is 0 Å². The Morgan fingerprint density at radius 2 is 0.950 bits per heavy atom. The normalized spacial score (nSPS) is 22.0. The molecule has 10 N–H and O–H groups in total. The Balaban J connectivity index is 0.000000451. The van der Waals surface area contributed by atoms with Crippen molar-refractivity contribution >= 4 is 32.0 Å². The van der Waals surface area contributed by atoms with Crippen LogP contribution in [0.3, 0.4) is 0 Å². The molecule has 8 rings (SSSR count). The van der Waals surface area contributed by atoms with Crippen molar-refractivity contribution in [2.24, 2.45) is 11.5 Å². The number of aryl methyl sites for hydroxylation is 4. The molecule has 6 aliphatic rings. The summed E-state index contributed by atoms with van der Waals surface area (Å²) in [5.74, 6) is 4.91. The average molecular weight is 1430 g/mol. The van der Waals surface area contributed by atoms with Gasteiger partial charge in [-0.25, -0.2) is 9.97 Å². The molecular weight excluding hydrogens is 1270 g/mol. The van der Waals surface area contributed by atoms with E-state index in [0.29, 0.717) is 43.9 Å². The summed E-state index contributed by atoms with van der Waals surface area (Å²) in [6, 6.07) is 2.72. The van der Waals surface area contributed by atoms with Crippen LogP contribution in [0.4, 0.5) is 11.9 Å². The highest BCUT2D eigenvalue weighted by Crippen LogP contribution is 2.35. The fraction of sp³-hybridized carbons (Fsp3) is 0.895. The minimum Gasteiger partial charge on any atom is -0.420 e. The fourth-order valence-electron chi connectivity index (χ4n) is 16.4. The number of carbonyl (C=O) groups is 2. The number of aromatic nitrogens is 6. The lowest BCUT2D eigenvalue weighted by Gasteiger charge is -2.54. The smallest absolute Gasteiger partial charge is 0.242 e. The zero-order chi connectivity index (χ0) is 75.1. The molecule has 100 heavy (non-hydrogen) atoms. The van der Waals surface area contributed by atoms with E-state index in [1.54, 1.807) is 0 Å². The number of amides is 2. The standard InChI is InChI=1S/C22H38N6O.C21H36N6O.C15H33NO2Si.C10H22N2.C8H22N4.2H2/c1-16-23-17(2)25-20(24-16)28(18-11-9-8-10-12-18)14-13-27-15-21(3,4)26(7)22(5,6)19(27)29;1-15-22-16(2)24-19(23-15)27(17-10-8-7-9-11-17)13-12-26-14-20(3,4)25-21(5,6)18(26)28;1-14(2)11-13(12-15(3,4)16-14)18-9-8-10-19(6,7)17-5;1-9(2)6-8(11-5)7-10(3,4)12-9;9-3-1-5-11-7-8-12-6-2-4-10;;/h18H,8-15H2,1-7H3;17,25H,7-14H2,1-6H3;13,16H,8-12H2,1-7H3;8,11-12H,6-7H2,1-5H3;11-12H,1-10H2;2*1H. The number of hydrogen-bond acceptors (Lipinski definition) is 21. The molecule has 2 aromatic rings. The Bertz CT molecular complexity index is 2660. The summed E-state index contributed by atoms with van der Waals surface area (Å²) in [4.78, 5) is 64.4. The Labute approximate surface area is 613 Å². The lowest BCUT2D eigenvalue weighted by Crippen LogP contribution is -2.70.